The first-order valence-electron chi connectivity index (χ1n) is 4.76. The van der Waals surface area contributed by atoms with Crippen molar-refractivity contribution in [3.63, 3.8) is 0 Å². The minimum absolute atomic E-state index is 0.803. The van der Waals surface area contributed by atoms with Crippen LogP contribution < -0.4 is 5.32 Å². The molecule has 1 atom stereocenters. The number of hydrogen-bond acceptors (Lipinski definition) is 2. The summed E-state index contributed by atoms with van der Waals surface area (Å²) in [5.74, 6) is 0.866. The van der Waals surface area contributed by atoms with Crippen molar-refractivity contribution in [3.05, 3.63) is 0 Å². The third-order valence-corrected chi connectivity index (χ3v) is 2.74. The molecule has 0 spiro atoms. The van der Waals surface area contributed by atoms with Crippen molar-refractivity contribution >= 4 is 0 Å². The second-order valence-corrected chi connectivity index (χ2v) is 3.79. The fourth-order valence-electron chi connectivity index (χ4n) is 1.95. The van der Waals surface area contributed by atoms with Crippen molar-refractivity contribution in [1.29, 1.82) is 0 Å². The number of ether oxygens (including phenoxy) is 1. The average Bonchev–Trinajstić information content (AvgIpc) is 1.99. The van der Waals surface area contributed by atoms with Gasteiger partial charge in [-0.1, -0.05) is 6.42 Å². The summed E-state index contributed by atoms with van der Waals surface area (Å²) >= 11 is 0. The zero-order valence-electron chi connectivity index (χ0n) is 7.01. The fourth-order valence-corrected chi connectivity index (χ4v) is 1.95. The summed E-state index contributed by atoms with van der Waals surface area (Å²) in [7, 11) is 0. The summed E-state index contributed by atoms with van der Waals surface area (Å²) in [4.78, 5) is 0. The molecule has 2 heterocycles. The van der Waals surface area contributed by atoms with Gasteiger partial charge in [-0.25, -0.2) is 0 Å². The smallest absolute Gasteiger partial charge is 0.0517 e. The first kappa shape index (κ1) is 7.56. The van der Waals surface area contributed by atoms with Gasteiger partial charge in [-0.3, -0.25) is 0 Å². The minimum atomic E-state index is 0.803. The second kappa shape index (κ2) is 3.55. The first-order valence-corrected chi connectivity index (χ1v) is 4.76. The summed E-state index contributed by atoms with van der Waals surface area (Å²) in [6.07, 6.45) is 5.53. The van der Waals surface area contributed by atoms with Gasteiger partial charge in [0.1, 0.15) is 0 Å². The Balaban J connectivity index is 1.67. The van der Waals surface area contributed by atoms with Crippen molar-refractivity contribution in [2.75, 3.05) is 19.8 Å². The molecule has 0 aliphatic carbocycles. The highest BCUT2D eigenvalue weighted by Gasteiger charge is 2.23. The standard InChI is InChI=1S/C9H17NO/c1-2-4-10-9(3-1)5-8-6-11-7-8/h8-10H,1-7H2/t9-/m0/s1. The van der Waals surface area contributed by atoms with Crippen LogP contribution in [0.3, 0.4) is 0 Å². The molecule has 64 valence electrons. The highest BCUT2D eigenvalue weighted by atomic mass is 16.5. The van der Waals surface area contributed by atoms with E-state index in [1.165, 1.54) is 32.2 Å². The highest BCUT2D eigenvalue weighted by molar-refractivity contribution is 4.78. The van der Waals surface area contributed by atoms with Gasteiger partial charge in [-0.05, 0) is 25.8 Å². The van der Waals surface area contributed by atoms with Crippen molar-refractivity contribution in [2.45, 2.75) is 31.7 Å². The Hall–Kier alpha value is -0.0800. The van der Waals surface area contributed by atoms with Crippen LogP contribution in [0, 0.1) is 5.92 Å². The van der Waals surface area contributed by atoms with E-state index in [9.17, 15) is 0 Å². The molecule has 2 heteroatoms. The lowest BCUT2D eigenvalue weighted by atomic mass is 9.93. The molecule has 0 bridgehead atoms. The lowest BCUT2D eigenvalue weighted by Crippen LogP contribution is -2.40. The zero-order valence-corrected chi connectivity index (χ0v) is 7.01. The van der Waals surface area contributed by atoms with Crippen LogP contribution in [0.4, 0.5) is 0 Å². The van der Waals surface area contributed by atoms with Crippen molar-refractivity contribution in [2.24, 2.45) is 5.92 Å². The summed E-state index contributed by atoms with van der Waals surface area (Å²) < 4.78 is 5.15. The fraction of sp³-hybridized carbons (Fsp3) is 1.00. The summed E-state index contributed by atoms with van der Waals surface area (Å²) in [6.45, 7) is 3.26. The van der Waals surface area contributed by atoms with Gasteiger partial charge in [-0.2, -0.15) is 0 Å². The van der Waals surface area contributed by atoms with E-state index < -0.39 is 0 Å². The van der Waals surface area contributed by atoms with E-state index in [4.69, 9.17) is 4.74 Å². The van der Waals surface area contributed by atoms with Crippen LogP contribution in [0.2, 0.25) is 0 Å². The molecular weight excluding hydrogens is 138 g/mol. The first-order chi connectivity index (χ1) is 5.45. The number of rotatable bonds is 2. The molecule has 2 rings (SSSR count). The number of nitrogens with one attached hydrogen (secondary N) is 1. The lowest BCUT2D eigenvalue weighted by molar-refractivity contribution is -0.0407. The van der Waals surface area contributed by atoms with E-state index in [1.807, 2.05) is 0 Å². The maximum atomic E-state index is 5.15. The van der Waals surface area contributed by atoms with E-state index >= 15 is 0 Å². The van der Waals surface area contributed by atoms with E-state index in [1.54, 1.807) is 0 Å². The lowest BCUT2D eigenvalue weighted by Gasteiger charge is -2.32. The molecule has 2 aliphatic rings. The Kier molecular flexibility index (Phi) is 2.44. The topological polar surface area (TPSA) is 21.3 Å². The quantitative estimate of drug-likeness (QED) is 0.646. The van der Waals surface area contributed by atoms with Gasteiger partial charge in [0.05, 0.1) is 13.2 Å². The van der Waals surface area contributed by atoms with Gasteiger partial charge in [0.2, 0.25) is 0 Å². The Labute approximate surface area is 68.3 Å². The minimum Gasteiger partial charge on any atom is -0.381 e. The van der Waals surface area contributed by atoms with Crippen molar-refractivity contribution < 1.29 is 4.74 Å². The predicted octanol–water partition coefficient (Wildman–Crippen LogP) is 1.17. The predicted molar refractivity (Wildman–Crippen MR) is 44.6 cm³/mol. The molecule has 1 N–H and O–H groups in total. The molecule has 0 saturated carbocycles. The molecular formula is C9H17NO. The van der Waals surface area contributed by atoms with E-state index in [0.29, 0.717) is 0 Å². The van der Waals surface area contributed by atoms with E-state index in [0.717, 1.165) is 25.2 Å². The maximum Gasteiger partial charge on any atom is 0.0517 e. The Bertz CT molecular complexity index is 117. The number of hydrogen-bond donors (Lipinski definition) is 1. The molecule has 0 unspecified atom stereocenters. The van der Waals surface area contributed by atoms with Crippen LogP contribution in [0.5, 0.6) is 0 Å². The highest BCUT2D eigenvalue weighted by Crippen LogP contribution is 2.20. The van der Waals surface area contributed by atoms with Gasteiger partial charge in [0, 0.05) is 12.0 Å². The molecule has 0 aromatic rings. The second-order valence-electron chi connectivity index (χ2n) is 3.79. The molecule has 2 nitrogen and oxygen atoms in total. The van der Waals surface area contributed by atoms with E-state index in [2.05, 4.69) is 5.32 Å². The Morgan fingerprint density at radius 3 is 2.73 bits per heavy atom. The van der Waals surface area contributed by atoms with Gasteiger partial charge in [-0.15, -0.1) is 0 Å². The average molecular weight is 155 g/mol. The largest absolute Gasteiger partial charge is 0.381 e. The molecule has 2 saturated heterocycles. The van der Waals surface area contributed by atoms with Crippen LogP contribution in [0.1, 0.15) is 25.7 Å². The van der Waals surface area contributed by atoms with Crippen LogP contribution in [-0.4, -0.2) is 25.8 Å². The SMILES string of the molecule is C1CC[C@@H](CC2COC2)NC1. The third kappa shape index (κ3) is 1.94. The van der Waals surface area contributed by atoms with Gasteiger partial charge < -0.3 is 10.1 Å². The van der Waals surface area contributed by atoms with Crippen molar-refractivity contribution in [3.8, 4) is 0 Å². The Morgan fingerprint density at radius 2 is 2.18 bits per heavy atom. The number of piperidine rings is 1. The summed E-state index contributed by atoms with van der Waals surface area (Å²) in [5, 5.41) is 3.56. The Morgan fingerprint density at radius 1 is 1.27 bits per heavy atom. The van der Waals surface area contributed by atoms with Gasteiger partial charge in [0.15, 0.2) is 0 Å². The molecule has 2 fully saturated rings. The normalized spacial score (nSPS) is 33.3. The third-order valence-electron chi connectivity index (χ3n) is 2.74. The van der Waals surface area contributed by atoms with Crippen LogP contribution in [-0.2, 0) is 4.74 Å². The maximum absolute atomic E-state index is 5.15. The molecule has 0 radical (unpaired) electrons. The molecule has 0 aromatic carbocycles. The monoisotopic (exact) mass is 155 g/mol. The summed E-state index contributed by atoms with van der Waals surface area (Å²) in [6, 6.07) is 0.803. The molecule has 2 aliphatic heterocycles. The summed E-state index contributed by atoms with van der Waals surface area (Å²) in [5.41, 5.74) is 0. The van der Waals surface area contributed by atoms with Crippen LogP contribution >= 0.6 is 0 Å². The van der Waals surface area contributed by atoms with Crippen molar-refractivity contribution in [1.82, 2.24) is 5.32 Å². The molecule has 0 amide bonds. The van der Waals surface area contributed by atoms with E-state index in [-0.39, 0.29) is 0 Å². The van der Waals surface area contributed by atoms with Gasteiger partial charge >= 0.3 is 0 Å². The van der Waals surface area contributed by atoms with Crippen LogP contribution in [0.25, 0.3) is 0 Å². The van der Waals surface area contributed by atoms with Gasteiger partial charge in [0.25, 0.3) is 0 Å². The zero-order chi connectivity index (χ0) is 7.52. The molecule has 11 heavy (non-hydrogen) atoms. The molecule has 0 aromatic heterocycles. The van der Waals surface area contributed by atoms with Crippen LogP contribution in [0.15, 0.2) is 0 Å².